The largest absolute Gasteiger partial charge is 0.391 e. The molecule has 3 heteroatoms. The standard InChI is InChI=1S/C13H25NO2/c1-3-5-11(6-4-2)9-13(16)14-8-7-12(15)10-14/h11-12,15H,3-10H2,1-2H3/t12-/m1/s1. The van der Waals surface area contributed by atoms with E-state index in [2.05, 4.69) is 13.8 Å². The van der Waals surface area contributed by atoms with E-state index < -0.39 is 0 Å². The van der Waals surface area contributed by atoms with Crippen LogP contribution in [0.1, 0.15) is 52.4 Å². The molecule has 16 heavy (non-hydrogen) atoms. The van der Waals surface area contributed by atoms with Crippen LogP contribution < -0.4 is 0 Å². The van der Waals surface area contributed by atoms with Crippen molar-refractivity contribution in [1.82, 2.24) is 4.90 Å². The van der Waals surface area contributed by atoms with E-state index in [9.17, 15) is 9.90 Å². The average molecular weight is 227 g/mol. The van der Waals surface area contributed by atoms with E-state index in [1.165, 1.54) is 0 Å². The predicted molar refractivity (Wildman–Crippen MR) is 65.1 cm³/mol. The molecule has 0 saturated carbocycles. The summed E-state index contributed by atoms with van der Waals surface area (Å²) in [5.74, 6) is 0.781. The fraction of sp³-hybridized carbons (Fsp3) is 0.923. The van der Waals surface area contributed by atoms with Crippen LogP contribution in [0, 0.1) is 5.92 Å². The van der Waals surface area contributed by atoms with Crippen LogP contribution in [0.3, 0.4) is 0 Å². The van der Waals surface area contributed by atoms with Crippen LogP contribution in [0.4, 0.5) is 0 Å². The van der Waals surface area contributed by atoms with Gasteiger partial charge in [-0.3, -0.25) is 4.79 Å². The maximum absolute atomic E-state index is 12.0. The van der Waals surface area contributed by atoms with Crippen LogP contribution in [0.15, 0.2) is 0 Å². The number of amides is 1. The quantitative estimate of drug-likeness (QED) is 0.755. The molecule has 1 saturated heterocycles. The maximum Gasteiger partial charge on any atom is 0.222 e. The molecule has 0 spiro atoms. The third-order valence-electron chi connectivity index (χ3n) is 3.37. The summed E-state index contributed by atoms with van der Waals surface area (Å²) in [5.41, 5.74) is 0. The molecule has 0 aromatic carbocycles. The zero-order chi connectivity index (χ0) is 12.0. The van der Waals surface area contributed by atoms with Crippen LogP contribution in [0.25, 0.3) is 0 Å². The zero-order valence-electron chi connectivity index (χ0n) is 10.6. The first-order valence-electron chi connectivity index (χ1n) is 6.63. The number of hydrogen-bond acceptors (Lipinski definition) is 2. The lowest BCUT2D eigenvalue weighted by molar-refractivity contribution is -0.131. The third-order valence-corrected chi connectivity index (χ3v) is 3.37. The average Bonchev–Trinajstić information content (AvgIpc) is 2.65. The number of β-amino-alcohol motifs (C(OH)–C–C–N with tert-alkyl or cyclic N) is 1. The summed E-state index contributed by atoms with van der Waals surface area (Å²) >= 11 is 0. The van der Waals surface area contributed by atoms with Crippen molar-refractivity contribution in [2.24, 2.45) is 5.92 Å². The molecular formula is C13H25NO2. The van der Waals surface area contributed by atoms with Gasteiger partial charge in [0.15, 0.2) is 0 Å². The van der Waals surface area contributed by atoms with E-state index in [1.54, 1.807) is 0 Å². The van der Waals surface area contributed by atoms with Gasteiger partial charge in [0.2, 0.25) is 5.91 Å². The summed E-state index contributed by atoms with van der Waals surface area (Å²) in [4.78, 5) is 13.8. The van der Waals surface area contributed by atoms with Crippen LogP contribution in [-0.2, 0) is 4.79 Å². The SMILES string of the molecule is CCCC(CCC)CC(=O)N1CC[C@@H](O)C1. The van der Waals surface area contributed by atoms with Gasteiger partial charge in [-0.05, 0) is 12.3 Å². The minimum atomic E-state index is -0.292. The number of nitrogens with zero attached hydrogens (tertiary/aromatic N) is 1. The molecule has 0 radical (unpaired) electrons. The normalized spacial score (nSPS) is 20.8. The number of hydrogen-bond donors (Lipinski definition) is 1. The number of carbonyl (C=O) groups excluding carboxylic acids is 1. The lowest BCUT2D eigenvalue weighted by Crippen LogP contribution is -2.31. The topological polar surface area (TPSA) is 40.5 Å². The van der Waals surface area contributed by atoms with Crippen molar-refractivity contribution in [1.29, 1.82) is 0 Å². The van der Waals surface area contributed by atoms with Gasteiger partial charge in [-0.15, -0.1) is 0 Å². The molecule has 0 bridgehead atoms. The highest BCUT2D eigenvalue weighted by Gasteiger charge is 2.25. The van der Waals surface area contributed by atoms with Gasteiger partial charge in [0, 0.05) is 19.5 Å². The summed E-state index contributed by atoms with van der Waals surface area (Å²) in [6, 6.07) is 0. The smallest absolute Gasteiger partial charge is 0.222 e. The second-order valence-electron chi connectivity index (χ2n) is 4.93. The zero-order valence-corrected chi connectivity index (χ0v) is 10.6. The molecule has 0 aromatic heterocycles. The van der Waals surface area contributed by atoms with Gasteiger partial charge in [-0.1, -0.05) is 39.5 Å². The van der Waals surface area contributed by atoms with Gasteiger partial charge in [0.25, 0.3) is 0 Å². The second kappa shape index (κ2) is 6.89. The molecule has 0 aliphatic carbocycles. The highest BCUT2D eigenvalue weighted by atomic mass is 16.3. The van der Waals surface area contributed by atoms with Gasteiger partial charge in [-0.2, -0.15) is 0 Å². The van der Waals surface area contributed by atoms with Crippen molar-refractivity contribution in [3.05, 3.63) is 0 Å². The van der Waals surface area contributed by atoms with Gasteiger partial charge in [0.05, 0.1) is 6.10 Å². The Labute approximate surface area is 98.8 Å². The highest BCUT2D eigenvalue weighted by Crippen LogP contribution is 2.20. The van der Waals surface area contributed by atoms with Crippen molar-refractivity contribution in [2.75, 3.05) is 13.1 Å². The van der Waals surface area contributed by atoms with Gasteiger partial charge < -0.3 is 10.0 Å². The Morgan fingerprint density at radius 2 is 2.00 bits per heavy atom. The molecule has 0 aromatic rings. The molecule has 1 fully saturated rings. The van der Waals surface area contributed by atoms with Gasteiger partial charge in [0.1, 0.15) is 0 Å². The maximum atomic E-state index is 12.0. The van der Waals surface area contributed by atoms with Crippen molar-refractivity contribution in [2.45, 2.75) is 58.5 Å². The fourth-order valence-electron chi connectivity index (χ4n) is 2.51. The third kappa shape index (κ3) is 4.12. The molecule has 1 aliphatic heterocycles. The van der Waals surface area contributed by atoms with Gasteiger partial charge >= 0.3 is 0 Å². The lowest BCUT2D eigenvalue weighted by Gasteiger charge is -2.20. The summed E-state index contributed by atoms with van der Waals surface area (Å²) in [7, 11) is 0. The predicted octanol–water partition coefficient (Wildman–Crippen LogP) is 2.19. The van der Waals surface area contributed by atoms with Crippen LogP contribution in [-0.4, -0.2) is 35.1 Å². The number of carbonyl (C=O) groups is 1. The number of likely N-dealkylation sites (tertiary alicyclic amines) is 1. The van der Waals surface area contributed by atoms with Crippen molar-refractivity contribution >= 4 is 5.91 Å². The molecule has 1 rings (SSSR count). The molecule has 3 nitrogen and oxygen atoms in total. The monoisotopic (exact) mass is 227 g/mol. The molecule has 1 heterocycles. The summed E-state index contributed by atoms with van der Waals surface area (Å²) in [6.07, 6.45) is 5.74. The molecule has 1 amide bonds. The highest BCUT2D eigenvalue weighted by molar-refractivity contribution is 5.76. The van der Waals surface area contributed by atoms with Crippen molar-refractivity contribution < 1.29 is 9.90 Å². The second-order valence-corrected chi connectivity index (χ2v) is 4.93. The van der Waals surface area contributed by atoms with E-state index in [-0.39, 0.29) is 12.0 Å². The lowest BCUT2D eigenvalue weighted by atomic mass is 9.94. The number of rotatable bonds is 6. The van der Waals surface area contributed by atoms with Crippen LogP contribution in [0.2, 0.25) is 0 Å². The van der Waals surface area contributed by atoms with E-state index >= 15 is 0 Å². The Bertz CT molecular complexity index is 212. The van der Waals surface area contributed by atoms with Crippen molar-refractivity contribution in [3.63, 3.8) is 0 Å². The van der Waals surface area contributed by atoms with E-state index in [4.69, 9.17) is 0 Å². The summed E-state index contributed by atoms with van der Waals surface area (Å²) < 4.78 is 0. The Kier molecular flexibility index (Phi) is 5.81. The number of aliphatic hydroxyl groups excluding tert-OH is 1. The first-order chi connectivity index (χ1) is 7.67. The number of aliphatic hydroxyl groups is 1. The molecule has 94 valence electrons. The first-order valence-corrected chi connectivity index (χ1v) is 6.63. The summed E-state index contributed by atoms with van der Waals surface area (Å²) in [5, 5.41) is 9.40. The Balaban J connectivity index is 2.35. The Hall–Kier alpha value is -0.570. The minimum absolute atomic E-state index is 0.239. The fourth-order valence-corrected chi connectivity index (χ4v) is 2.51. The molecule has 1 N–H and O–H groups in total. The van der Waals surface area contributed by atoms with Crippen molar-refractivity contribution in [3.8, 4) is 0 Å². The Morgan fingerprint density at radius 3 is 2.44 bits per heavy atom. The van der Waals surface area contributed by atoms with E-state index in [0.29, 0.717) is 18.9 Å². The minimum Gasteiger partial charge on any atom is -0.391 e. The summed E-state index contributed by atoms with van der Waals surface area (Å²) in [6.45, 7) is 5.63. The van der Waals surface area contributed by atoms with Crippen LogP contribution in [0.5, 0.6) is 0 Å². The molecular weight excluding hydrogens is 202 g/mol. The van der Waals surface area contributed by atoms with E-state index in [0.717, 1.165) is 38.6 Å². The Morgan fingerprint density at radius 1 is 1.38 bits per heavy atom. The van der Waals surface area contributed by atoms with Gasteiger partial charge in [-0.25, -0.2) is 0 Å². The van der Waals surface area contributed by atoms with E-state index in [1.807, 2.05) is 4.90 Å². The van der Waals surface area contributed by atoms with Crippen LogP contribution >= 0.6 is 0 Å². The molecule has 0 unspecified atom stereocenters. The molecule has 1 aliphatic rings. The molecule has 1 atom stereocenters. The first kappa shape index (κ1) is 13.5.